The molecule has 1 aromatic carbocycles. The van der Waals surface area contributed by atoms with Crippen LogP contribution in [0.1, 0.15) is 43.6 Å². The van der Waals surface area contributed by atoms with Crippen molar-refractivity contribution in [3.63, 3.8) is 0 Å². The van der Waals surface area contributed by atoms with Gasteiger partial charge in [-0.3, -0.25) is 4.79 Å². The molecular formula is C14H21NO. The number of benzene rings is 1. The lowest BCUT2D eigenvalue weighted by Gasteiger charge is -2.09. The lowest BCUT2D eigenvalue weighted by molar-refractivity contribution is 0.0943. The Morgan fingerprint density at radius 2 is 1.69 bits per heavy atom. The average molecular weight is 219 g/mol. The Bertz CT molecular complexity index is 338. The number of carbonyl (C=O) groups is 1. The molecule has 0 fully saturated rings. The average Bonchev–Trinajstić information content (AvgIpc) is 2.16. The Labute approximate surface area is 98.1 Å². The van der Waals surface area contributed by atoms with Crippen LogP contribution in [0.5, 0.6) is 0 Å². The van der Waals surface area contributed by atoms with Gasteiger partial charge in [0.25, 0.3) is 5.91 Å². The van der Waals surface area contributed by atoms with Gasteiger partial charge >= 0.3 is 0 Å². The van der Waals surface area contributed by atoms with Gasteiger partial charge in [-0.2, -0.15) is 0 Å². The molecule has 0 unspecified atom stereocenters. The molecule has 88 valence electrons. The summed E-state index contributed by atoms with van der Waals surface area (Å²) in [7, 11) is 0. The number of hydrogen-bond acceptors (Lipinski definition) is 1. The van der Waals surface area contributed by atoms with Gasteiger partial charge in [0.05, 0.1) is 0 Å². The van der Waals surface area contributed by atoms with Gasteiger partial charge in [-0.05, 0) is 43.9 Å². The van der Waals surface area contributed by atoms with E-state index < -0.39 is 0 Å². The van der Waals surface area contributed by atoms with Crippen LogP contribution < -0.4 is 5.32 Å². The van der Waals surface area contributed by atoms with Crippen LogP contribution in [-0.4, -0.2) is 11.9 Å². The number of amides is 1. The minimum atomic E-state index is 0.00565. The van der Waals surface area contributed by atoms with Crippen molar-refractivity contribution in [2.45, 2.75) is 40.2 Å². The van der Waals surface area contributed by atoms with Crippen LogP contribution in [0.15, 0.2) is 24.3 Å². The zero-order valence-corrected chi connectivity index (χ0v) is 10.6. The van der Waals surface area contributed by atoms with E-state index in [0.717, 1.165) is 12.0 Å². The Hall–Kier alpha value is -1.31. The lowest BCUT2D eigenvalue weighted by atomic mass is 10.0. The summed E-state index contributed by atoms with van der Waals surface area (Å²) in [4.78, 5) is 11.7. The van der Waals surface area contributed by atoms with Gasteiger partial charge < -0.3 is 5.32 Å². The summed E-state index contributed by atoms with van der Waals surface area (Å²) >= 11 is 0. The van der Waals surface area contributed by atoms with Crippen LogP contribution in [0.4, 0.5) is 0 Å². The molecule has 1 N–H and O–H groups in total. The largest absolute Gasteiger partial charge is 0.350 e. The molecule has 0 atom stereocenters. The number of hydrogen-bond donors (Lipinski definition) is 1. The molecule has 2 nitrogen and oxygen atoms in total. The van der Waals surface area contributed by atoms with E-state index in [9.17, 15) is 4.79 Å². The van der Waals surface area contributed by atoms with E-state index in [1.807, 2.05) is 38.1 Å². The second kappa shape index (κ2) is 5.69. The predicted octanol–water partition coefficient (Wildman–Crippen LogP) is 3.02. The van der Waals surface area contributed by atoms with E-state index in [1.54, 1.807) is 0 Å². The fraction of sp³-hybridized carbons (Fsp3) is 0.500. The van der Waals surface area contributed by atoms with Gasteiger partial charge in [0, 0.05) is 11.6 Å². The van der Waals surface area contributed by atoms with Crippen LogP contribution in [0.25, 0.3) is 0 Å². The molecule has 0 aromatic heterocycles. The molecule has 0 saturated carbocycles. The SMILES string of the molecule is CC(C)Cc1ccc(C(=O)NC(C)C)cc1. The molecule has 0 aliphatic rings. The molecule has 2 heteroatoms. The third-order valence-corrected chi connectivity index (χ3v) is 2.28. The van der Waals surface area contributed by atoms with Crippen LogP contribution in [0.3, 0.4) is 0 Å². The predicted molar refractivity (Wildman–Crippen MR) is 67.6 cm³/mol. The molecule has 0 aliphatic heterocycles. The maximum absolute atomic E-state index is 11.7. The Morgan fingerprint density at radius 3 is 2.12 bits per heavy atom. The second-order valence-electron chi connectivity index (χ2n) is 4.92. The Balaban J connectivity index is 2.67. The summed E-state index contributed by atoms with van der Waals surface area (Å²) < 4.78 is 0. The highest BCUT2D eigenvalue weighted by Gasteiger charge is 2.06. The quantitative estimate of drug-likeness (QED) is 0.828. The molecule has 0 saturated heterocycles. The highest BCUT2D eigenvalue weighted by molar-refractivity contribution is 5.94. The minimum absolute atomic E-state index is 0.00565. The van der Waals surface area contributed by atoms with Crippen molar-refractivity contribution in [3.8, 4) is 0 Å². The molecule has 0 bridgehead atoms. The van der Waals surface area contributed by atoms with E-state index in [1.165, 1.54) is 5.56 Å². The standard InChI is InChI=1S/C14H21NO/c1-10(2)9-12-5-7-13(8-6-12)14(16)15-11(3)4/h5-8,10-11H,9H2,1-4H3,(H,15,16). The van der Waals surface area contributed by atoms with Gasteiger partial charge in [-0.25, -0.2) is 0 Å². The van der Waals surface area contributed by atoms with Crippen molar-refractivity contribution in [1.82, 2.24) is 5.32 Å². The Morgan fingerprint density at radius 1 is 1.12 bits per heavy atom. The molecular weight excluding hydrogens is 198 g/mol. The first kappa shape index (κ1) is 12.8. The number of carbonyl (C=O) groups excluding carboxylic acids is 1. The fourth-order valence-electron chi connectivity index (χ4n) is 1.61. The summed E-state index contributed by atoms with van der Waals surface area (Å²) in [5.41, 5.74) is 2.03. The van der Waals surface area contributed by atoms with E-state index in [0.29, 0.717) is 5.92 Å². The van der Waals surface area contributed by atoms with Gasteiger partial charge in [-0.1, -0.05) is 26.0 Å². The molecule has 0 aliphatic carbocycles. The number of rotatable bonds is 4. The molecule has 16 heavy (non-hydrogen) atoms. The van der Waals surface area contributed by atoms with Gasteiger partial charge in [0.15, 0.2) is 0 Å². The summed E-state index contributed by atoms with van der Waals surface area (Å²) in [6.07, 6.45) is 1.06. The summed E-state index contributed by atoms with van der Waals surface area (Å²) in [5, 5.41) is 2.88. The van der Waals surface area contributed by atoms with Crippen molar-refractivity contribution in [2.75, 3.05) is 0 Å². The third kappa shape index (κ3) is 4.05. The molecule has 0 radical (unpaired) electrons. The first-order valence-electron chi connectivity index (χ1n) is 5.89. The van der Waals surface area contributed by atoms with Crippen molar-refractivity contribution < 1.29 is 4.79 Å². The highest BCUT2D eigenvalue weighted by atomic mass is 16.1. The first-order valence-corrected chi connectivity index (χ1v) is 5.89. The lowest BCUT2D eigenvalue weighted by Crippen LogP contribution is -2.29. The molecule has 1 aromatic rings. The van der Waals surface area contributed by atoms with E-state index >= 15 is 0 Å². The molecule has 0 spiro atoms. The van der Waals surface area contributed by atoms with E-state index in [2.05, 4.69) is 19.2 Å². The smallest absolute Gasteiger partial charge is 0.251 e. The first-order chi connectivity index (χ1) is 7.49. The second-order valence-corrected chi connectivity index (χ2v) is 4.92. The van der Waals surface area contributed by atoms with E-state index in [-0.39, 0.29) is 11.9 Å². The zero-order chi connectivity index (χ0) is 12.1. The van der Waals surface area contributed by atoms with Crippen LogP contribution in [0, 0.1) is 5.92 Å². The summed E-state index contributed by atoms with van der Waals surface area (Å²) in [6.45, 7) is 8.31. The monoisotopic (exact) mass is 219 g/mol. The maximum Gasteiger partial charge on any atom is 0.251 e. The molecule has 1 amide bonds. The molecule has 1 rings (SSSR count). The summed E-state index contributed by atoms with van der Waals surface area (Å²) in [5.74, 6) is 0.654. The number of nitrogens with one attached hydrogen (secondary N) is 1. The van der Waals surface area contributed by atoms with Crippen molar-refractivity contribution >= 4 is 5.91 Å². The topological polar surface area (TPSA) is 29.1 Å². The van der Waals surface area contributed by atoms with Crippen LogP contribution >= 0.6 is 0 Å². The highest BCUT2D eigenvalue weighted by Crippen LogP contribution is 2.09. The summed E-state index contributed by atoms with van der Waals surface area (Å²) in [6, 6.07) is 8.05. The van der Waals surface area contributed by atoms with Crippen LogP contribution in [-0.2, 0) is 6.42 Å². The fourth-order valence-corrected chi connectivity index (χ4v) is 1.61. The van der Waals surface area contributed by atoms with Gasteiger partial charge in [0.2, 0.25) is 0 Å². The van der Waals surface area contributed by atoms with Crippen molar-refractivity contribution in [3.05, 3.63) is 35.4 Å². The maximum atomic E-state index is 11.7. The van der Waals surface area contributed by atoms with Gasteiger partial charge in [0.1, 0.15) is 0 Å². The van der Waals surface area contributed by atoms with Crippen molar-refractivity contribution in [2.24, 2.45) is 5.92 Å². The zero-order valence-electron chi connectivity index (χ0n) is 10.6. The third-order valence-electron chi connectivity index (χ3n) is 2.28. The van der Waals surface area contributed by atoms with Gasteiger partial charge in [-0.15, -0.1) is 0 Å². The van der Waals surface area contributed by atoms with Crippen LogP contribution in [0.2, 0.25) is 0 Å². The Kier molecular flexibility index (Phi) is 4.53. The van der Waals surface area contributed by atoms with Crippen molar-refractivity contribution in [1.29, 1.82) is 0 Å². The van der Waals surface area contributed by atoms with E-state index in [4.69, 9.17) is 0 Å². The minimum Gasteiger partial charge on any atom is -0.350 e. The normalized spacial score (nSPS) is 10.9. The molecule has 0 heterocycles.